The number of hydrogen-bond donors (Lipinski definition) is 2. The van der Waals surface area contributed by atoms with E-state index in [0.29, 0.717) is 0 Å². The first-order valence-electron chi connectivity index (χ1n) is 9.25. The fourth-order valence-corrected chi connectivity index (χ4v) is 3.86. The second-order valence-electron chi connectivity index (χ2n) is 6.85. The highest BCUT2D eigenvalue weighted by atomic mass is 14.9. The summed E-state index contributed by atoms with van der Waals surface area (Å²) in [7, 11) is 0. The van der Waals surface area contributed by atoms with E-state index in [1.807, 2.05) is 12.1 Å². The van der Waals surface area contributed by atoms with Crippen LogP contribution < -0.4 is 10.6 Å². The highest BCUT2D eigenvalue weighted by Crippen LogP contribution is 2.44. The Bertz CT molecular complexity index is 1050. The molecule has 2 nitrogen and oxygen atoms in total. The minimum Gasteiger partial charge on any atom is -0.355 e. The molecule has 3 aliphatic rings. The Morgan fingerprint density at radius 1 is 0.593 bits per heavy atom. The fourth-order valence-electron chi connectivity index (χ4n) is 3.86. The zero-order valence-corrected chi connectivity index (χ0v) is 14.9. The molecule has 0 radical (unpaired) electrons. The molecule has 2 heteroatoms. The highest BCUT2D eigenvalue weighted by Gasteiger charge is 2.32. The predicted molar refractivity (Wildman–Crippen MR) is 113 cm³/mol. The molecule has 1 unspecified atom stereocenters. The molecule has 0 bridgehead atoms. The second kappa shape index (κ2) is 6.65. The maximum atomic E-state index is 3.62. The summed E-state index contributed by atoms with van der Waals surface area (Å²) in [5, 5.41) is 7.24. The van der Waals surface area contributed by atoms with E-state index in [9.17, 15) is 0 Å². The van der Waals surface area contributed by atoms with Crippen molar-refractivity contribution in [2.24, 2.45) is 5.92 Å². The van der Waals surface area contributed by atoms with Gasteiger partial charge in [-0.3, -0.25) is 0 Å². The van der Waals surface area contributed by atoms with Crippen molar-refractivity contribution in [3.63, 3.8) is 0 Å². The van der Waals surface area contributed by atoms with Gasteiger partial charge in [0.25, 0.3) is 0 Å². The minimum atomic E-state index is 0.266. The molecule has 2 aromatic carbocycles. The summed E-state index contributed by atoms with van der Waals surface area (Å²) in [6, 6.07) is 20.7. The summed E-state index contributed by atoms with van der Waals surface area (Å²) in [5.74, 6) is 0.266. The molecular formula is C25H20N2. The van der Waals surface area contributed by atoms with Crippen LogP contribution in [0.5, 0.6) is 0 Å². The van der Waals surface area contributed by atoms with Crippen LogP contribution in [-0.2, 0) is 0 Å². The first-order chi connectivity index (χ1) is 13.4. The Hall–Kier alpha value is -3.52. The molecule has 0 heterocycles. The van der Waals surface area contributed by atoms with Crippen LogP contribution in [0.15, 0.2) is 131 Å². The van der Waals surface area contributed by atoms with Crippen LogP contribution in [0.2, 0.25) is 0 Å². The van der Waals surface area contributed by atoms with Crippen LogP contribution in [0, 0.1) is 5.92 Å². The molecule has 27 heavy (non-hydrogen) atoms. The van der Waals surface area contributed by atoms with E-state index < -0.39 is 0 Å². The van der Waals surface area contributed by atoms with Crippen molar-refractivity contribution >= 4 is 11.4 Å². The third-order valence-electron chi connectivity index (χ3n) is 5.10. The van der Waals surface area contributed by atoms with E-state index in [0.717, 1.165) is 22.8 Å². The molecule has 2 N–H and O–H groups in total. The molecular weight excluding hydrogens is 328 g/mol. The van der Waals surface area contributed by atoms with Gasteiger partial charge in [0.15, 0.2) is 0 Å². The van der Waals surface area contributed by atoms with Crippen LogP contribution in [0.25, 0.3) is 0 Å². The standard InChI is InChI=1S/C25H20N2/c1-3-10-20(11-4-1)26-22-16-14-18-8-7-9-19-15-17-23(25(22)24(18)19)27-21-12-5-2-6-13-21/h1-17,24,26-27H. The molecule has 1 atom stereocenters. The van der Waals surface area contributed by atoms with Gasteiger partial charge in [0.05, 0.1) is 0 Å². The molecule has 0 fully saturated rings. The molecule has 0 aliphatic heterocycles. The molecule has 5 rings (SSSR count). The van der Waals surface area contributed by atoms with E-state index >= 15 is 0 Å². The van der Waals surface area contributed by atoms with E-state index in [4.69, 9.17) is 0 Å². The Balaban J connectivity index is 1.60. The maximum absolute atomic E-state index is 3.62. The Labute approximate surface area is 159 Å². The zero-order chi connectivity index (χ0) is 18.1. The van der Waals surface area contributed by atoms with Crippen LogP contribution in [0.3, 0.4) is 0 Å². The van der Waals surface area contributed by atoms with Crippen molar-refractivity contribution in [1.29, 1.82) is 0 Å². The third kappa shape index (κ3) is 2.96. The van der Waals surface area contributed by atoms with Crippen molar-refractivity contribution < 1.29 is 0 Å². The van der Waals surface area contributed by atoms with E-state index in [1.54, 1.807) is 0 Å². The van der Waals surface area contributed by atoms with Crippen molar-refractivity contribution in [2.45, 2.75) is 0 Å². The molecule has 0 spiro atoms. The summed E-state index contributed by atoms with van der Waals surface area (Å²) < 4.78 is 0. The first kappa shape index (κ1) is 15.7. The van der Waals surface area contributed by atoms with Crippen molar-refractivity contribution in [2.75, 3.05) is 10.6 Å². The number of rotatable bonds is 4. The molecule has 130 valence electrons. The molecule has 0 saturated carbocycles. The van der Waals surface area contributed by atoms with Crippen LogP contribution in [0.1, 0.15) is 0 Å². The summed E-state index contributed by atoms with van der Waals surface area (Å²) >= 11 is 0. The lowest BCUT2D eigenvalue weighted by atomic mass is 9.74. The fraction of sp³-hybridized carbons (Fsp3) is 0.0400. The van der Waals surface area contributed by atoms with E-state index in [1.165, 1.54) is 16.7 Å². The van der Waals surface area contributed by atoms with Crippen LogP contribution in [0.4, 0.5) is 11.4 Å². The van der Waals surface area contributed by atoms with Gasteiger partial charge in [0.2, 0.25) is 0 Å². The average Bonchev–Trinajstić information content (AvgIpc) is 2.73. The first-order valence-corrected chi connectivity index (χ1v) is 9.25. The highest BCUT2D eigenvalue weighted by molar-refractivity contribution is 5.69. The van der Waals surface area contributed by atoms with Gasteiger partial charge in [-0.05, 0) is 47.6 Å². The number of allylic oxidation sites excluding steroid dienone is 10. The van der Waals surface area contributed by atoms with Crippen molar-refractivity contribution in [3.05, 3.63) is 131 Å². The van der Waals surface area contributed by atoms with Gasteiger partial charge in [-0.2, -0.15) is 0 Å². The smallest absolute Gasteiger partial charge is 0.0447 e. The quantitative estimate of drug-likeness (QED) is 0.711. The topological polar surface area (TPSA) is 24.1 Å². The minimum absolute atomic E-state index is 0.266. The number of para-hydroxylation sites is 2. The molecule has 0 aromatic heterocycles. The van der Waals surface area contributed by atoms with Gasteiger partial charge >= 0.3 is 0 Å². The van der Waals surface area contributed by atoms with Gasteiger partial charge in [0.1, 0.15) is 0 Å². The van der Waals surface area contributed by atoms with Crippen LogP contribution >= 0.6 is 0 Å². The van der Waals surface area contributed by atoms with Crippen molar-refractivity contribution in [3.8, 4) is 0 Å². The molecule has 3 aliphatic carbocycles. The Kier molecular flexibility index (Phi) is 3.87. The molecule has 0 saturated heterocycles. The third-order valence-corrected chi connectivity index (χ3v) is 5.10. The normalized spacial score (nSPS) is 19.7. The lowest BCUT2D eigenvalue weighted by molar-refractivity contribution is 0.846. The second-order valence-corrected chi connectivity index (χ2v) is 6.85. The number of hydrogen-bond acceptors (Lipinski definition) is 2. The maximum Gasteiger partial charge on any atom is 0.0447 e. The monoisotopic (exact) mass is 348 g/mol. The Morgan fingerprint density at radius 3 is 2.00 bits per heavy atom. The van der Waals surface area contributed by atoms with Gasteiger partial charge in [-0.15, -0.1) is 0 Å². The summed E-state index contributed by atoms with van der Waals surface area (Å²) in [5.41, 5.74) is 8.42. The summed E-state index contributed by atoms with van der Waals surface area (Å²) in [6.07, 6.45) is 15.4. The van der Waals surface area contributed by atoms with Crippen molar-refractivity contribution in [1.82, 2.24) is 0 Å². The number of benzene rings is 2. The molecule has 2 aromatic rings. The van der Waals surface area contributed by atoms with E-state index in [2.05, 4.69) is 102 Å². The lowest BCUT2D eigenvalue weighted by Gasteiger charge is -2.34. The van der Waals surface area contributed by atoms with Crippen LogP contribution in [-0.4, -0.2) is 0 Å². The molecule has 0 amide bonds. The Morgan fingerprint density at radius 2 is 1.26 bits per heavy atom. The summed E-state index contributed by atoms with van der Waals surface area (Å²) in [6.45, 7) is 0. The SMILES string of the molecule is C1=CC2=CC=C(Nc3ccccc3)C3=C(Nc4ccccc4)C=CC(=C1)C23. The number of nitrogens with one attached hydrogen (secondary N) is 2. The van der Waals surface area contributed by atoms with Gasteiger partial charge in [-0.25, -0.2) is 0 Å². The van der Waals surface area contributed by atoms with E-state index in [-0.39, 0.29) is 5.92 Å². The largest absolute Gasteiger partial charge is 0.355 e. The lowest BCUT2D eigenvalue weighted by Crippen LogP contribution is -2.24. The number of anilines is 2. The van der Waals surface area contributed by atoms with Gasteiger partial charge in [-0.1, -0.05) is 66.8 Å². The van der Waals surface area contributed by atoms with Gasteiger partial charge < -0.3 is 10.6 Å². The van der Waals surface area contributed by atoms with Gasteiger partial charge in [0, 0.05) is 34.3 Å². The zero-order valence-electron chi connectivity index (χ0n) is 14.9. The summed E-state index contributed by atoms with van der Waals surface area (Å²) in [4.78, 5) is 0. The predicted octanol–water partition coefficient (Wildman–Crippen LogP) is 5.97. The average molecular weight is 348 g/mol.